The van der Waals surface area contributed by atoms with E-state index in [1.165, 1.54) is 0 Å². The summed E-state index contributed by atoms with van der Waals surface area (Å²) in [5.74, 6) is 0.802. The Morgan fingerprint density at radius 3 is 1.56 bits per heavy atom. The van der Waals surface area contributed by atoms with E-state index >= 15 is 0 Å². The van der Waals surface area contributed by atoms with Crippen molar-refractivity contribution in [3.8, 4) is 5.75 Å². The molecule has 0 spiro atoms. The fourth-order valence-electron chi connectivity index (χ4n) is 4.07. The van der Waals surface area contributed by atoms with Gasteiger partial charge < -0.3 is 19.3 Å². The standard InChI is InChI=1S/C30H30O4/c1-32-29-19-17-24(18-20-29)21-33-22-28(31)23-34-30(25-11-5-2-6-12-25,26-13-7-3-8-14-26)27-15-9-4-10-16-27/h2-20,28,31H,21-23H2,1H3/t28-/m0/s1. The monoisotopic (exact) mass is 454 g/mol. The molecule has 4 aromatic carbocycles. The van der Waals surface area contributed by atoms with Crippen molar-refractivity contribution in [3.05, 3.63) is 138 Å². The van der Waals surface area contributed by atoms with E-state index in [9.17, 15) is 5.11 Å². The highest BCUT2D eigenvalue weighted by atomic mass is 16.5. The first-order chi connectivity index (χ1) is 16.7. The van der Waals surface area contributed by atoms with Crippen LogP contribution in [0.25, 0.3) is 0 Å². The van der Waals surface area contributed by atoms with Gasteiger partial charge in [-0.15, -0.1) is 0 Å². The summed E-state index contributed by atoms with van der Waals surface area (Å²) in [6.45, 7) is 0.685. The topological polar surface area (TPSA) is 47.9 Å². The summed E-state index contributed by atoms with van der Waals surface area (Å²) in [6, 6.07) is 38.1. The van der Waals surface area contributed by atoms with Gasteiger partial charge in [0.1, 0.15) is 17.5 Å². The van der Waals surface area contributed by atoms with Gasteiger partial charge in [-0.25, -0.2) is 0 Å². The molecule has 0 unspecified atom stereocenters. The van der Waals surface area contributed by atoms with Gasteiger partial charge in [-0.3, -0.25) is 0 Å². The normalized spacial score (nSPS) is 12.3. The molecule has 1 atom stereocenters. The average molecular weight is 455 g/mol. The molecule has 174 valence electrons. The maximum Gasteiger partial charge on any atom is 0.143 e. The van der Waals surface area contributed by atoms with Crippen LogP contribution in [0.2, 0.25) is 0 Å². The molecule has 0 fully saturated rings. The molecule has 0 aromatic heterocycles. The highest BCUT2D eigenvalue weighted by Crippen LogP contribution is 2.40. The molecule has 34 heavy (non-hydrogen) atoms. The molecule has 0 saturated carbocycles. The molecular weight excluding hydrogens is 424 g/mol. The van der Waals surface area contributed by atoms with Crippen LogP contribution in [0.4, 0.5) is 0 Å². The summed E-state index contributed by atoms with van der Waals surface area (Å²) >= 11 is 0. The summed E-state index contributed by atoms with van der Waals surface area (Å²) < 4.78 is 17.6. The van der Waals surface area contributed by atoms with Gasteiger partial charge in [0.15, 0.2) is 0 Å². The molecule has 0 radical (unpaired) electrons. The molecule has 0 aliphatic rings. The first-order valence-corrected chi connectivity index (χ1v) is 11.4. The second-order valence-electron chi connectivity index (χ2n) is 8.11. The number of hydrogen-bond acceptors (Lipinski definition) is 4. The number of rotatable bonds is 11. The molecule has 0 saturated heterocycles. The molecule has 4 heteroatoms. The molecule has 0 amide bonds. The van der Waals surface area contributed by atoms with Crippen molar-refractivity contribution in [2.24, 2.45) is 0 Å². The third-order valence-corrected chi connectivity index (χ3v) is 5.77. The second kappa shape index (κ2) is 11.6. The fourth-order valence-corrected chi connectivity index (χ4v) is 4.07. The number of benzene rings is 4. The lowest BCUT2D eigenvalue weighted by Gasteiger charge is -2.36. The zero-order valence-corrected chi connectivity index (χ0v) is 19.3. The van der Waals surface area contributed by atoms with E-state index in [4.69, 9.17) is 14.2 Å². The van der Waals surface area contributed by atoms with Crippen molar-refractivity contribution in [2.75, 3.05) is 20.3 Å². The Labute approximate surface area is 201 Å². The van der Waals surface area contributed by atoms with Crippen molar-refractivity contribution >= 4 is 0 Å². The van der Waals surface area contributed by atoms with Gasteiger partial charge in [0.05, 0.1) is 26.9 Å². The minimum Gasteiger partial charge on any atom is -0.497 e. The Morgan fingerprint density at radius 2 is 1.12 bits per heavy atom. The summed E-state index contributed by atoms with van der Waals surface area (Å²) in [5, 5.41) is 10.7. The molecular formula is C30H30O4. The molecule has 1 N–H and O–H groups in total. The van der Waals surface area contributed by atoms with Crippen LogP contribution in [-0.4, -0.2) is 31.5 Å². The van der Waals surface area contributed by atoms with Crippen LogP contribution in [0, 0.1) is 0 Å². The zero-order chi connectivity index (χ0) is 23.6. The maximum absolute atomic E-state index is 10.7. The van der Waals surface area contributed by atoms with Crippen molar-refractivity contribution in [1.82, 2.24) is 0 Å². The van der Waals surface area contributed by atoms with Crippen LogP contribution in [0.15, 0.2) is 115 Å². The van der Waals surface area contributed by atoms with Crippen molar-refractivity contribution < 1.29 is 19.3 Å². The molecule has 4 nitrogen and oxygen atoms in total. The maximum atomic E-state index is 10.7. The van der Waals surface area contributed by atoms with Crippen LogP contribution >= 0.6 is 0 Å². The lowest BCUT2D eigenvalue weighted by atomic mass is 9.80. The van der Waals surface area contributed by atoms with Crippen LogP contribution in [-0.2, 0) is 21.7 Å². The lowest BCUT2D eigenvalue weighted by Crippen LogP contribution is -2.36. The van der Waals surface area contributed by atoms with E-state index < -0.39 is 11.7 Å². The van der Waals surface area contributed by atoms with Gasteiger partial charge in [0, 0.05) is 0 Å². The second-order valence-corrected chi connectivity index (χ2v) is 8.11. The van der Waals surface area contributed by atoms with Crippen molar-refractivity contribution in [2.45, 2.75) is 18.3 Å². The predicted octanol–water partition coefficient (Wildman–Crippen LogP) is 5.58. The lowest BCUT2D eigenvalue weighted by molar-refractivity contribution is -0.0662. The molecule has 0 aliphatic heterocycles. The molecule has 4 rings (SSSR count). The van der Waals surface area contributed by atoms with Gasteiger partial charge in [0.25, 0.3) is 0 Å². The Balaban J connectivity index is 1.53. The number of aliphatic hydroxyl groups excluding tert-OH is 1. The summed E-state index contributed by atoms with van der Waals surface area (Å²) in [7, 11) is 1.64. The van der Waals surface area contributed by atoms with Gasteiger partial charge in [-0.1, -0.05) is 103 Å². The average Bonchev–Trinajstić information content (AvgIpc) is 2.91. The van der Waals surface area contributed by atoms with Gasteiger partial charge in [0.2, 0.25) is 0 Å². The van der Waals surface area contributed by atoms with E-state index in [0.717, 1.165) is 28.0 Å². The highest BCUT2D eigenvalue weighted by molar-refractivity contribution is 5.47. The first kappa shape index (κ1) is 23.7. The Morgan fingerprint density at radius 1 is 0.647 bits per heavy atom. The van der Waals surface area contributed by atoms with E-state index in [-0.39, 0.29) is 13.2 Å². The molecule has 0 aliphatic carbocycles. The van der Waals surface area contributed by atoms with E-state index in [0.29, 0.717) is 6.61 Å². The van der Waals surface area contributed by atoms with Crippen LogP contribution in [0.1, 0.15) is 22.3 Å². The van der Waals surface area contributed by atoms with Gasteiger partial charge in [-0.2, -0.15) is 0 Å². The Bertz CT molecular complexity index is 1020. The van der Waals surface area contributed by atoms with Crippen molar-refractivity contribution in [3.63, 3.8) is 0 Å². The minimum absolute atomic E-state index is 0.112. The largest absolute Gasteiger partial charge is 0.497 e. The van der Waals surface area contributed by atoms with E-state index in [2.05, 4.69) is 36.4 Å². The number of methoxy groups -OCH3 is 1. The van der Waals surface area contributed by atoms with Gasteiger partial charge in [-0.05, 0) is 34.4 Å². The van der Waals surface area contributed by atoms with Gasteiger partial charge >= 0.3 is 0 Å². The smallest absolute Gasteiger partial charge is 0.143 e. The zero-order valence-electron chi connectivity index (χ0n) is 19.3. The Hall–Kier alpha value is -3.44. The predicted molar refractivity (Wildman–Crippen MR) is 134 cm³/mol. The van der Waals surface area contributed by atoms with Crippen LogP contribution in [0.5, 0.6) is 5.75 Å². The summed E-state index contributed by atoms with van der Waals surface area (Å²) in [6.07, 6.45) is -0.784. The summed E-state index contributed by atoms with van der Waals surface area (Å²) in [4.78, 5) is 0. The molecule has 0 heterocycles. The molecule has 0 bridgehead atoms. The summed E-state index contributed by atoms with van der Waals surface area (Å²) in [5.41, 5.74) is 3.15. The fraction of sp³-hybridized carbons (Fsp3) is 0.200. The van der Waals surface area contributed by atoms with Crippen LogP contribution < -0.4 is 4.74 Å². The molecule has 4 aromatic rings. The number of ether oxygens (including phenoxy) is 3. The third kappa shape index (κ3) is 5.54. The minimum atomic E-state index is -0.860. The highest BCUT2D eigenvalue weighted by Gasteiger charge is 2.38. The Kier molecular flexibility index (Phi) is 8.10. The van der Waals surface area contributed by atoms with E-state index in [1.807, 2.05) is 78.9 Å². The van der Waals surface area contributed by atoms with Crippen LogP contribution in [0.3, 0.4) is 0 Å². The quantitative estimate of drug-likeness (QED) is 0.301. The third-order valence-electron chi connectivity index (χ3n) is 5.77. The van der Waals surface area contributed by atoms with E-state index in [1.54, 1.807) is 7.11 Å². The number of hydrogen-bond donors (Lipinski definition) is 1. The van der Waals surface area contributed by atoms with Crippen molar-refractivity contribution in [1.29, 1.82) is 0 Å². The number of aliphatic hydroxyl groups is 1. The SMILES string of the molecule is COc1ccc(COC[C@H](O)COC(c2ccccc2)(c2ccccc2)c2ccccc2)cc1. The first-order valence-electron chi connectivity index (χ1n) is 11.4.